The van der Waals surface area contributed by atoms with Crippen molar-refractivity contribution in [2.75, 3.05) is 4.90 Å². The van der Waals surface area contributed by atoms with Crippen molar-refractivity contribution in [1.29, 1.82) is 0 Å². The maximum absolute atomic E-state index is 6.39. The van der Waals surface area contributed by atoms with E-state index in [0.29, 0.717) is 11.8 Å². The van der Waals surface area contributed by atoms with Crippen molar-refractivity contribution in [3.8, 4) is 44.8 Å². The predicted molar refractivity (Wildman–Crippen MR) is 250 cm³/mol. The van der Waals surface area contributed by atoms with Crippen LogP contribution in [0.5, 0.6) is 0 Å². The topological polar surface area (TPSA) is 29.3 Å². The van der Waals surface area contributed by atoms with Crippen LogP contribution < -0.4 is 4.90 Å². The Morgan fingerprint density at radius 2 is 1.12 bits per heavy atom. The summed E-state index contributed by atoms with van der Waals surface area (Å²) in [5.74, 6) is 0.918. The second-order valence-corrected chi connectivity index (χ2v) is 15.4. The van der Waals surface area contributed by atoms with E-state index in [1.807, 2.05) is 36.4 Å². The van der Waals surface area contributed by atoms with Crippen molar-refractivity contribution in [3.05, 3.63) is 236 Å². The predicted octanol–water partition coefficient (Wildman–Crippen LogP) is 15.6. The molecule has 0 fully saturated rings. The van der Waals surface area contributed by atoms with Gasteiger partial charge in [0, 0.05) is 33.7 Å². The molecule has 1 atom stereocenters. The number of benzene rings is 9. The summed E-state index contributed by atoms with van der Waals surface area (Å²) in [4.78, 5) is 7.60. The zero-order valence-electron chi connectivity index (χ0n) is 32.9. The molecule has 0 N–H and O–H groups in total. The Kier molecular flexibility index (Phi) is 8.98. The normalized spacial score (nSPS) is 13.8. The van der Waals surface area contributed by atoms with Crippen LogP contribution in [0, 0.1) is 0 Å². The van der Waals surface area contributed by atoms with Gasteiger partial charge in [-0.25, -0.2) is 4.98 Å². The molecule has 1 unspecified atom stereocenters. The fourth-order valence-electron chi connectivity index (χ4n) is 8.94. The highest BCUT2D eigenvalue weighted by Gasteiger charge is 2.26. The van der Waals surface area contributed by atoms with E-state index in [1.165, 1.54) is 27.5 Å². The monoisotopic (exact) mass is 768 g/mol. The lowest BCUT2D eigenvalue weighted by atomic mass is 9.88. The number of nitrogens with zero attached hydrogens (tertiary/aromatic N) is 2. The fraction of sp³-hybridized carbons (Fsp3) is 0.0351. The van der Waals surface area contributed by atoms with Gasteiger partial charge in [0.2, 0.25) is 5.89 Å². The third-order valence-electron chi connectivity index (χ3n) is 11.8. The van der Waals surface area contributed by atoms with E-state index in [4.69, 9.17) is 9.40 Å². The summed E-state index contributed by atoms with van der Waals surface area (Å²) < 4.78 is 6.39. The summed E-state index contributed by atoms with van der Waals surface area (Å²) in [6.45, 7) is 0. The maximum atomic E-state index is 6.39. The van der Waals surface area contributed by atoms with Gasteiger partial charge in [0.1, 0.15) is 5.52 Å². The lowest BCUT2D eigenvalue weighted by Crippen LogP contribution is -2.19. The highest BCUT2D eigenvalue weighted by Crippen LogP contribution is 2.48. The van der Waals surface area contributed by atoms with Gasteiger partial charge in [-0.15, -0.1) is 0 Å². The molecule has 284 valence electrons. The molecule has 1 heterocycles. The van der Waals surface area contributed by atoms with E-state index in [-0.39, 0.29) is 0 Å². The first-order chi connectivity index (χ1) is 29.8. The minimum Gasteiger partial charge on any atom is -0.436 e. The Balaban J connectivity index is 1.16. The molecule has 0 saturated heterocycles. The molecule has 0 radical (unpaired) electrons. The van der Waals surface area contributed by atoms with Crippen LogP contribution in [0.25, 0.3) is 77.5 Å². The number of hydrogen-bond acceptors (Lipinski definition) is 3. The third kappa shape index (κ3) is 6.38. The summed E-state index contributed by atoms with van der Waals surface area (Å²) in [6.07, 6.45) is 8.01. The number of para-hydroxylation sites is 1. The van der Waals surface area contributed by atoms with Crippen molar-refractivity contribution in [3.63, 3.8) is 0 Å². The first-order valence-electron chi connectivity index (χ1n) is 20.6. The number of oxazole rings is 1. The smallest absolute Gasteiger partial charge is 0.227 e. The molecule has 0 bridgehead atoms. The molecular formula is C57H40N2O. The van der Waals surface area contributed by atoms with Gasteiger partial charge < -0.3 is 9.32 Å². The van der Waals surface area contributed by atoms with Gasteiger partial charge >= 0.3 is 0 Å². The maximum Gasteiger partial charge on any atom is 0.227 e. The quantitative estimate of drug-likeness (QED) is 0.154. The van der Waals surface area contributed by atoms with E-state index >= 15 is 0 Å². The van der Waals surface area contributed by atoms with Gasteiger partial charge in [-0.2, -0.15) is 0 Å². The molecule has 9 aromatic carbocycles. The standard InChI is InChI=1S/C57H40N2O/c1-4-16-39(17-5-1)40-32-35-46(36-33-40)59(52-28-13-12-25-50(52)49-27-14-23-41-20-10-11-24-47(41)49)53-29-15-26-48(42-18-6-2-7-19-42)55(53)45-31-30-43-34-37-54-56(51(43)38-45)58-57(60-54)44-21-8-3-9-22-44/h1-32,34-38,40H,33H2. The van der Waals surface area contributed by atoms with Crippen LogP contribution in [0.4, 0.5) is 11.4 Å². The zero-order chi connectivity index (χ0) is 39.8. The van der Waals surface area contributed by atoms with Gasteiger partial charge in [-0.05, 0) is 92.9 Å². The van der Waals surface area contributed by atoms with E-state index in [9.17, 15) is 0 Å². The Bertz CT molecular complexity index is 3230. The molecule has 3 heteroatoms. The van der Waals surface area contributed by atoms with Crippen LogP contribution >= 0.6 is 0 Å². The minimum absolute atomic E-state index is 0.298. The molecule has 11 rings (SSSR count). The molecule has 1 aliphatic rings. The zero-order valence-corrected chi connectivity index (χ0v) is 32.9. The summed E-state index contributed by atoms with van der Waals surface area (Å²) in [5, 5.41) is 4.61. The molecule has 3 nitrogen and oxygen atoms in total. The van der Waals surface area contributed by atoms with Crippen LogP contribution in [-0.2, 0) is 0 Å². The van der Waals surface area contributed by atoms with Gasteiger partial charge in [-0.3, -0.25) is 0 Å². The highest BCUT2D eigenvalue weighted by molar-refractivity contribution is 6.08. The van der Waals surface area contributed by atoms with Gasteiger partial charge in [0.25, 0.3) is 0 Å². The molecule has 0 saturated carbocycles. The third-order valence-corrected chi connectivity index (χ3v) is 11.8. The molecule has 10 aromatic rings. The van der Waals surface area contributed by atoms with Crippen molar-refractivity contribution >= 4 is 44.0 Å². The first-order valence-corrected chi connectivity index (χ1v) is 20.6. The first kappa shape index (κ1) is 35.4. The van der Waals surface area contributed by atoms with Crippen molar-refractivity contribution in [2.24, 2.45) is 0 Å². The number of fused-ring (bicyclic) bond motifs is 4. The second-order valence-electron chi connectivity index (χ2n) is 15.4. The summed E-state index contributed by atoms with van der Waals surface area (Å²) in [5.41, 5.74) is 14.2. The highest BCUT2D eigenvalue weighted by atomic mass is 16.3. The van der Waals surface area contributed by atoms with Crippen molar-refractivity contribution in [2.45, 2.75) is 12.3 Å². The van der Waals surface area contributed by atoms with E-state index < -0.39 is 0 Å². The fourth-order valence-corrected chi connectivity index (χ4v) is 8.94. The summed E-state index contributed by atoms with van der Waals surface area (Å²) >= 11 is 0. The average molecular weight is 769 g/mol. The number of aromatic nitrogens is 1. The lowest BCUT2D eigenvalue weighted by Gasteiger charge is -2.33. The molecule has 0 amide bonds. The number of allylic oxidation sites excluding steroid dienone is 3. The Morgan fingerprint density at radius 3 is 1.93 bits per heavy atom. The van der Waals surface area contributed by atoms with E-state index in [1.54, 1.807) is 0 Å². The molecule has 60 heavy (non-hydrogen) atoms. The van der Waals surface area contributed by atoms with Crippen LogP contribution in [-0.4, -0.2) is 4.98 Å². The van der Waals surface area contributed by atoms with E-state index in [0.717, 1.165) is 73.2 Å². The average Bonchev–Trinajstić information content (AvgIpc) is 3.78. The summed E-state index contributed by atoms with van der Waals surface area (Å²) in [6, 6.07) is 73.6. The minimum atomic E-state index is 0.298. The lowest BCUT2D eigenvalue weighted by molar-refractivity contribution is 0.620. The SMILES string of the molecule is C1=CC(c2ccccc2)CC=C1N(c1ccccc1-c1cccc2ccccc12)c1cccc(-c2ccccc2)c1-c1ccc2ccc3oc(-c4ccccc4)nc3c2c1. The molecular weight excluding hydrogens is 729 g/mol. The van der Waals surface area contributed by atoms with Gasteiger partial charge in [-0.1, -0.05) is 182 Å². The Morgan fingerprint density at radius 1 is 0.483 bits per heavy atom. The molecule has 0 spiro atoms. The summed E-state index contributed by atoms with van der Waals surface area (Å²) in [7, 11) is 0. The van der Waals surface area contributed by atoms with Crippen LogP contribution in [0.1, 0.15) is 17.9 Å². The van der Waals surface area contributed by atoms with Crippen LogP contribution in [0.3, 0.4) is 0 Å². The van der Waals surface area contributed by atoms with E-state index in [2.05, 4.69) is 193 Å². The largest absolute Gasteiger partial charge is 0.436 e. The van der Waals surface area contributed by atoms with Gasteiger partial charge in [0.15, 0.2) is 5.58 Å². The molecule has 1 aromatic heterocycles. The number of hydrogen-bond donors (Lipinski definition) is 0. The van der Waals surface area contributed by atoms with Crippen LogP contribution in [0.2, 0.25) is 0 Å². The van der Waals surface area contributed by atoms with Gasteiger partial charge in [0.05, 0.1) is 11.4 Å². The number of anilines is 2. The molecule has 0 aliphatic heterocycles. The Labute approximate surface area is 349 Å². The second kappa shape index (κ2) is 15.2. The number of rotatable bonds is 8. The van der Waals surface area contributed by atoms with Crippen molar-refractivity contribution in [1.82, 2.24) is 4.98 Å². The Hall–Kier alpha value is -7.75. The molecule has 1 aliphatic carbocycles. The van der Waals surface area contributed by atoms with Crippen molar-refractivity contribution < 1.29 is 4.42 Å². The van der Waals surface area contributed by atoms with Crippen LogP contribution in [0.15, 0.2) is 235 Å².